The summed E-state index contributed by atoms with van der Waals surface area (Å²) in [6, 6.07) is 6.26. The Morgan fingerprint density at radius 1 is 1.39 bits per heavy atom. The molecule has 1 saturated carbocycles. The fraction of sp³-hybridized carbons (Fsp3) is 0.471. The Hall–Kier alpha value is -2.24. The summed E-state index contributed by atoms with van der Waals surface area (Å²) in [5.41, 5.74) is 0.948. The lowest BCUT2D eigenvalue weighted by Crippen LogP contribution is -2.27. The normalized spacial score (nSPS) is 15.4. The monoisotopic (exact) mass is 317 g/mol. The molecular formula is C17H20FN3O2. The second kappa shape index (κ2) is 6.48. The number of rotatable bonds is 6. The smallest absolute Gasteiger partial charge is 0.229 e. The highest BCUT2D eigenvalue weighted by Crippen LogP contribution is 2.38. The second-order valence-electron chi connectivity index (χ2n) is 6.23. The lowest BCUT2D eigenvalue weighted by molar-refractivity contribution is -0.130. The number of carbonyl (C=O) groups excluding carboxylic acids is 1. The van der Waals surface area contributed by atoms with Gasteiger partial charge in [-0.1, -0.05) is 24.2 Å². The standard InChI is InChI=1S/C17H20FN3O2/c1-11(12-5-7-14(18)8-6-12)9-16(22)21(2)10-15-19-17(23-20-15)13-3-4-13/h5-8,11,13H,3-4,9-10H2,1-2H3. The summed E-state index contributed by atoms with van der Waals surface area (Å²) in [7, 11) is 1.73. The van der Waals surface area contributed by atoms with E-state index in [1.165, 1.54) is 12.1 Å². The second-order valence-corrected chi connectivity index (χ2v) is 6.23. The molecule has 0 saturated heterocycles. The van der Waals surface area contributed by atoms with Crippen molar-refractivity contribution in [1.29, 1.82) is 0 Å². The lowest BCUT2D eigenvalue weighted by atomic mass is 9.97. The fourth-order valence-electron chi connectivity index (χ4n) is 2.46. The molecule has 0 aliphatic heterocycles. The van der Waals surface area contributed by atoms with Crippen molar-refractivity contribution < 1.29 is 13.7 Å². The summed E-state index contributed by atoms with van der Waals surface area (Å²) in [6.45, 7) is 2.30. The molecular weight excluding hydrogens is 297 g/mol. The van der Waals surface area contributed by atoms with Crippen LogP contribution < -0.4 is 0 Å². The summed E-state index contributed by atoms with van der Waals surface area (Å²) in [5.74, 6) is 1.39. The molecule has 1 aliphatic carbocycles. The van der Waals surface area contributed by atoms with Crippen LogP contribution in [0.25, 0.3) is 0 Å². The minimum absolute atomic E-state index is 0.000373. The van der Waals surface area contributed by atoms with E-state index in [9.17, 15) is 9.18 Å². The first kappa shape index (κ1) is 15.6. The number of aromatic nitrogens is 2. The molecule has 122 valence electrons. The highest BCUT2D eigenvalue weighted by atomic mass is 19.1. The molecule has 3 rings (SSSR count). The number of carbonyl (C=O) groups is 1. The molecule has 1 unspecified atom stereocenters. The van der Waals surface area contributed by atoms with Gasteiger partial charge >= 0.3 is 0 Å². The van der Waals surface area contributed by atoms with Crippen molar-refractivity contribution in [2.75, 3.05) is 7.05 Å². The highest BCUT2D eigenvalue weighted by Gasteiger charge is 2.29. The van der Waals surface area contributed by atoms with Gasteiger partial charge in [0.1, 0.15) is 5.82 Å². The van der Waals surface area contributed by atoms with E-state index < -0.39 is 0 Å². The summed E-state index contributed by atoms with van der Waals surface area (Å²) >= 11 is 0. The Kier molecular flexibility index (Phi) is 4.41. The summed E-state index contributed by atoms with van der Waals surface area (Å²) in [4.78, 5) is 18.2. The minimum Gasteiger partial charge on any atom is -0.339 e. The van der Waals surface area contributed by atoms with Crippen LogP contribution in [0.2, 0.25) is 0 Å². The third-order valence-electron chi connectivity index (χ3n) is 4.13. The topological polar surface area (TPSA) is 59.2 Å². The molecule has 0 spiro atoms. The molecule has 6 heteroatoms. The number of hydrogen-bond acceptors (Lipinski definition) is 4. The van der Waals surface area contributed by atoms with E-state index in [2.05, 4.69) is 10.1 Å². The molecule has 1 atom stereocenters. The maximum atomic E-state index is 12.9. The van der Waals surface area contributed by atoms with Crippen LogP contribution in [0.3, 0.4) is 0 Å². The van der Waals surface area contributed by atoms with Gasteiger partial charge in [-0.15, -0.1) is 0 Å². The van der Waals surface area contributed by atoms with Crippen molar-refractivity contribution in [3.05, 3.63) is 47.4 Å². The van der Waals surface area contributed by atoms with Gasteiger partial charge in [0, 0.05) is 19.4 Å². The number of nitrogens with zero attached hydrogens (tertiary/aromatic N) is 3. The van der Waals surface area contributed by atoms with Crippen LogP contribution in [0.1, 0.15) is 55.3 Å². The van der Waals surface area contributed by atoms with Gasteiger partial charge in [0.05, 0.1) is 6.54 Å². The predicted octanol–water partition coefficient (Wildman–Crippen LogP) is 3.24. The quantitative estimate of drug-likeness (QED) is 0.820. The van der Waals surface area contributed by atoms with E-state index in [0.717, 1.165) is 18.4 Å². The van der Waals surface area contributed by atoms with Gasteiger partial charge in [0.25, 0.3) is 0 Å². The van der Waals surface area contributed by atoms with Gasteiger partial charge in [-0.3, -0.25) is 4.79 Å². The molecule has 23 heavy (non-hydrogen) atoms. The van der Waals surface area contributed by atoms with Crippen LogP contribution in [-0.4, -0.2) is 28.0 Å². The Bertz CT molecular complexity index is 679. The Morgan fingerprint density at radius 2 is 2.09 bits per heavy atom. The average molecular weight is 317 g/mol. The predicted molar refractivity (Wildman–Crippen MR) is 82.2 cm³/mol. The van der Waals surface area contributed by atoms with Gasteiger partial charge in [0.15, 0.2) is 5.82 Å². The third kappa shape index (κ3) is 3.94. The number of benzene rings is 1. The summed E-state index contributed by atoms with van der Waals surface area (Å²) in [5, 5.41) is 3.93. The first-order valence-corrected chi connectivity index (χ1v) is 7.85. The molecule has 1 heterocycles. The highest BCUT2D eigenvalue weighted by molar-refractivity contribution is 5.76. The number of halogens is 1. The molecule has 2 aromatic rings. The first-order valence-electron chi connectivity index (χ1n) is 7.85. The average Bonchev–Trinajstić information content (AvgIpc) is 3.28. The first-order chi connectivity index (χ1) is 11.0. The Balaban J connectivity index is 1.54. The van der Waals surface area contributed by atoms with E-state index in [1.807, 2.05) is 6.92 Å². The van der Waals surface area contributed by atoms with Crippen molar-refractivity contribution in [3.8, 4) is 0 Å². The van der Waals surface area contributed by atoms with Crippen LogP contribution in [-0.2, 0) is 11.3 Å². The Morgan fingerprint density at radius 3 is 2.74 bits per heavy atom. The zero-order valence-electron chi connectivity index (χ0n) is 13.3. The minimum atomic E-state index is -0.270. The van der Waals surface area contributed by atoms with Gasteiger partial charge in [0.2, 0.25) is 11.8 Å². The van der Waals surface area contributed by atoms with E-state index in [4.69, 9.17) is 4.52 Å². The molecule has 1 amide bonds. The molecule has 0 radical (unpaired) electrons. The third-order valence-corrected chi connectivity index (χ3v) is 4.13. The Labute approximate surface area is 134 Å². The van der Waals surface area contributed by atoms with Gasteiger partial charge in [-0.2, -0.15) is 4.98 Å². The SMILES string of the molecule is CC(CC(=O)N(C)Cc1noc(C2CC2)n1)c1ccc(F)cc1. The van der Waals surface area contributed by atoms with Crippen LogP contribution in [0.15, 0.2) is 28.8 Å². The van der Waals surface area contributed by atoms with Crippen molar-refractivity contribution in [1.82, 2.24) is 15.0 Å². The van der Waals surface area contributed by atoms with Crippen LogP contribution in [0.5, 0.6) is 0 Å². The molecule has 1 aliphatic rings. The van der Waals surface area contributed by atoms with Gasteiger partial charge < -0.3 is 9.42 Å². The maximum Gasteiger partial charge on any atom is 0.229 e. The van der Waals surface area contributed by atoms with E-state index in [1.54, 1.807) is 24.1 Å². The van der Waals surface area contributed by atoms with Gasteiger partial charge in [-0.25, -0.2) is 4.39 Å². The van der Waals surface area contributed by atoms with Crippen LogP contribution in [0.4, 0.5) is 4.39 Å². The molecule has 1 aromatic carbocycles. The van der Waals surface area contributed by atoms with Crippen LogP contribution >= 0.6 is 0 Å². The van der Waals surface area contributed by atoms with Gasteiger partial charge in [-0.05, 0) is 36.5 Å². The van der Waals surface area contributed by atoms with Crippen molar-refractivity contribution >= 4 is 5.91 Å². The van der Waals surface area contributed by atoms with E-state index >= 15 is 0 Å². The number of amides is 1. The maximum absolute atomic E-state index is 12.9. The summed E-state index contributed by atoms with van der Waals surface area (Å²) in [6.07, 6.45) is 2.56. The van der Waals surface area contributed by atoms with Crippen molar-refractivity contribution in [3.63, 3.8) is 0 Å². The molecule has 1 aromatic heterocycles. The lowest BCUT2D eigenvalue weighted by Gasteiger charge is -2.18. The largest absolute Gasteiger partial charge is 0.339 e. The van der Waals surface area contributed by atoms with Crippen LogP contribution in [0, 0.1) is 5.82 Å². The zero-order chi connectivity index (χ0) is 16.4. The van der Waals surface area contributed by atoms with E-state index in [0.29, 0.717) is 30.6 Å². The fourth-order valence-corrected chi connectivity index (χ4v) is 2.46. The summed E-state index contributed by atoms with van der Waals surface area (Å²) < 4.78 is 18.1. The van der Waals surface area contributed by atoms with Crippen molar-refractivity contribution in [2.45, 2.75) is 44.6 Å². The molecule has 0 N–H and O–H groups in total. The molecule has 1 fully saturated rings. The molecule has 0 bridgehead atoms. The van der Waals surface area contributed by atoms with Crippen molar-refractivity contribution in [2.24, 2.45) is 0 Å². The molecule has 5 nitrogen and oxygen atoms in total. The van der Waals surface area contributed by atoms with E-state index in [-0.39, 0.29) is 17.6 Å². The zero-order valence-corrected chi connectivity index (χ0v) is 13.3. The number of hydrogen-bond donors (Lipinski definition) is 0.